The summed E-state index contributed by atoms with van der Waals surface area (Å²) in [7, 11) is 0. The summed E-state index contributed by atoms with van der Waals surface area (Å²) >= 11 is 1.53. The Morgan fingerprint density at radius 1 is 1.56 bits per heavy atom. The highest BCUT2D eigenvalue weighted by molar-refractivity contribution is 7.10. The van der Waals surface area contributed by atoms with Crippen molar-refractivity contribution in [3.63, 3.8) is 0 Å². The van der Waals surface area contributed by atoms with Crippen LogP contribution in [0.1, 0.15) is 49.6 Å². The summed E-state index contributed by atoms with van der Waals surface area (Å²) in [6.45, 7) is 4.08. The van der Waals surface area contributed by atoms with Crippen LogP contribution in [0.15, 0.2) is 5.51 Å². The normalized spacial score (nSPS) is 31.4. The molecule has 1 N–H and O–H groups in total. The van der Waals surface area contributed by atoms with Crippen LogP contribution in [0.4, 0.5) is 0 Å². The lowest BCUT2D eigenvalue weighted by atomic mass is 9.92. The molecule has 0 radical (unpaired) electrons. The van der Waals surface area contributed by atoms with E-state index in [4.69, 9.17) is 0 Å². The highest BCUT2D eigenvalue weighted by atomic mass is 32.1. The van der Waals surface area contributed by atoms with Crippen molar-refractivity contribution in [2.24, 2.45) is 5.41 Å². The number of rotatable bonds is 3. The van der Waals surface area contributed by atoms with E-state index >= 15 is 0 Å². The SMILES string of the molecule is CC1(C)CC1(C(=O)O)c1scnc1C1CC1. The minimum absolute atomic E-state index is 0.116. The Balaban J connectivity index is 2.08. The smallest absolute Gasteiger partial charge is 0.315 e. The Morgan fingerprint density at radius 2 is 2.19 bits per heavy atom. The summed E-state index contributed by atoms with van der Waals surface area (Å²) in [5.74, 6) is -0.141. The lowest BCUT2D eigenvalue weighted by Crippen LogP contribution is -2.25. The molecule has 1 aromatic rings. The van der Waals surface area contributed by atoms with Crippen molar-refractivity contribution in [2.45, 2.75) is 44.4 Å². The third kappa shape index (κ3) is 1.14. The van der Waals surface area contributed by atoms with Crippen molar-refractivity contribution >= 4 is 17.3 Å². The number of hydrogen-bond donors (Lipinski definition) is 1. The van der Waals surface area contributed by atoms with Gasteiger partial charge in [-0.25, -0.2) is 4.98 Å². The summed E-state index contributed by atoms with van der Waals surface area (Å²) in [4.78, 5) is 17.0. The average Bonchev–Trinajstić information content (AvgIpc) is 3.06. The molecule has 0 aliphatic heterocycles. The number of carboxylic acid groups (broad SMARTS) is 1. The number of carbonyl (C=O) groups is 1. The highest BCUT2D eigenvalue weighted by Crippen LogP contribution is 2.67. The van der Waals surface area contributed by atoms with Gasteiger partial charge in [0.25, 0.3) is 0 Å². The Morgan fingerprint density at radius 3 is 2.62 bits per heavy atom. The van der Waals surface area contributed by atoms with E-state index in [1.807, 2.05) is 19.4 Å². The Hall–Kier alpha value is -0.900. The van der Waals surface area contributed by atoms with Gasteiger partial charge >= 0.3 is 5.97 Å². The van der Waals surface area contributed by atoms with Crippen LogP contribution in [0.3, 0.4) is 0 Å². The second-order valence-corrected chi connectivity index (χ2v) is 6.47. The van der Waals surface area contributed by atoms with E-state index in [0.717, 1.165) is 17.0 Å². The third-order valence-electron chi connectivity index (χ3n) is 4.05. The fourth-order valence-electron chi connectivity index (χ4n) is 2.69. The zero-order valence-corrected chi connectivity index (χ0v) is 10.3. The monoisotopic (exact) mass is 237 g/mol. The van der Waals surface area contributed by atoms with Crippen molar-refractivity contribution < 1.29 is 9.90 Å². The maximum atomic E-state index is 11.6. The van der Waals surface area contributed by atoms with E-state index in [1.165, 1.54) is 24.2 Å². The number of carboxylic acids is 1. The van der Waals surface area contributed by atoms with Crippen LogP contribution in [-0.4, -0.2) is 16.1 Å². The summed E-state index contributed by atoms with van der Waals surface area (Å²) < 4.78 is 0. The van der Waals surface area contributed by atoms with Crippen molar-refractivity contribution in [2.75, 3.05) is 0 Å². The van der Waals surface area contributed by atoms with E-state index in [1.54, 1.807) is 0 Å². The van der Waals surface area contributed by atoms with Gasteiger partial charge in [0, 0.05) is 10.8 Å². The van der Waals surface area contributed by atoms with Crippen LogP contribution in [0, 0.1) is 5.41 Å². The van der Waals surface area contributed by atoms with Crippen LogP contribution in [0.2, 0.25) is 0 Å². The Labute approximate surface area is 98.5 Å². The first kappa shape index (κ1) is 10.3. The topological polar surface area (TPSA) is 50.2 Å². The van der Waals surface area contributed by atoms with E-state index in [-0.39, 0.29) is 5.41 Å². The highest BCUT2D eigenvalue weighted by Gasteiger charge is 2.69. The first-order valence-corrected chi connectivity index (χ1v) is 6.54. The molecule has 0 spiro atoms. The van der Waals surface area contributed by atoms with E-state index < -0.39 is 11.4 Å². The van der Waals surface area contributed by atoms with Gasteiger partial charge in [-0.3, -0.25) is 4.79 Å². The van der Waals surface area contributed by atoms with Crippen molar-refractivity contribution in [3.8, 4) is 0 Å². The number of nitrogens with zero attached hydrogens (tertiary/aromatic N) is 1. The first-order valence-electron chi connectivity index (χ1n) is 5.66. The summed E-state index contributed by atoms with van der Waals surface area (Å²) in [5.41, 5.74) is 2.11. The van der Waals surface area contributed by atoms with Gasteiger partial charge in [-0.05, 0) is 24.7 Å². The van der Waals surface area contributed by atoms with Gasteiger partial charge < -0.3 is 5.11 Å². The van der Waals surface area contributed by atoms with Crippen LogP contribution in [-0.2, 0) is 10.2 Å². The quantitative estimate of drug-likeness (QED) is 0.879. The molecule has 1 unspecified atom stereocenters. The second-order valence-electron chi connectivity index (χ2n) is 5.61. The summed E-state index contributed by atoms with van der Waals surface area (Å²) in [5, 5.41) is 9.52. The van der Waals surface area contributed by atoms with Crippen LogP contribution >= 0.6 is 11.3 Å². The maximum absolute atomic E-state index is 11.6. The zero-order chi connectivity index (χ0) is 11.6. The second kappa shape index (κ2) is 2.86. The van der Waals surface area contributed by atoms with E-state index in [9.17, 15) is 9.90 Å². The molecule has 0 saturated heterocycles. The largest absolute Gasteiger partial charge is 0.481 e. The lowest BCUT2D eigenvalue weighted by molar-refractivity contribution is -0.140. The van der Waals surface area contributed by atoms with E-state index in [0.29, 0.717) is 5.92 Å². The molecule has 86 valence electrons. The van der Waals surface area contributed by atoms with Gasteiger partial charge in [0.05, 0.1) is 11.2 Å². The third-order valence-corrected chi connectivity index (χ3v) is 5.05. The van der Waals surface area contributed by atoms with Crippen LogP contribution in [0.25, 0.3) is 0 Å². The van der Waals surface area contributed by atoms with Gasteiger partial charge in [0.2, 0.25) is 0 Å². The van der Waals surface area contributed by atoms with E-state index in [2.05, 4.69) is 4.98 Å². The Kier molecular flexibility index (Phi) is 1.83. The molecule has 2 fully saturated rings. The number of hydrogen-bond acceptors (Lipinski definition) is 3. The molecule has 3 rings (SSSR count). The number of thiazole rings is 1. The minimum atomic E-state index is -0.677. The van der Waals surface area contributed by atoms with Gasteiger partial charge in [0.15, 0.2) is 0 Å². The summed E-state index contributed by atoms with van der Waals surface area (Å²) in [6, 6.07) is 0. The number of aromatic nitrogens is 1. The van der Waals surface area contributed by atoms with Gasteiger partial charge in [-0.1, -0.05) is 13.8 Å². The maximum Gasteiger partial charge on any atom is 0.315 e. The molecule has 0 bridgehead atoms. The van der Waals surface area contributed by atoms with Gasteiger partial charge in [-0.2, -0.15) is 0 Å². The predicted molar refractivity (Wildman–Crippen MR) is 61.8 cm³/mol. The lowest BCUT2D eigenvalue weighted by Gasteiger charge is -2.15. The molecule has 2 aliphatic carbocycles. The zero-order valence-electron chi connectivity index (χ0n) is 9.49. The van der Waals surface area contributed by atoms with Gasteiger partial charge in [0.1, 0.15) is 5.41 Å². The molecule has 0 amide bonds. The molecule has 2 saturated carbocycles. The summed E-state index contributed by atoms with van der Waals surface area (Å²) in [6.07, 6.45) is 3.09. The molecule has 2 aliphatic rings. The molecule has 1 atom stereocenters. The van der Waals surface area contributed by atoms with Crippen LogP contribution < -0.4 is 0 Å². The standard InChI is InChI=1S/C12H15NO2S/c1-11(2)5-12(11,10(14)15)9-8(7-3-4-7)13-6-16-9/h6-7H,3-5H2,1-2H3,(H,14,15). The predicted octanol–water partition coefficient (Wildman–Crippen LogP) is 2.77. The molecule has 16 heavy (non-hydrogen) atoms. The minimum Gasteiger partial charge on any atom is -0.481 e. The van der Waals surface area contributed by atoms with Crippen molar-refractivity contribution in [1.29, 1.82) is 0 Å². The fraction of sp³-hybridized carbons (Fsp3) is 0.667. The molecule has 3 nitrogen and oxygen atoms in total. The molecule has 4 heteroatoms. The molecule has 0 aromatic carbocycles. The van der Waals surface area contributed by atoms with Crippen molar-refractivity contribution in [1.82, 2.24) is 4.98 Å². The molecular weight excluding hydrogens is 222 g/mol. The first-order chi connectivity index (χ1) is 7.49. The van der Waals surface area contributed by atoms with Crippen molar-refractivity contribution in [3.05, 3.63) is 16.1 Å². The average molecular weight is 237 g/mol. The fourth-order valence-corrected chi connectivity index (χ4v) is 3.94. The van der Waals surface area contributed by atoms with Crippen LogP contribution in [0.5, 0.6) is 0 Å². The molecule has 1 heterocycles. The molecule has 1 aromatic heterocycles. The number of aliphatic carboxylic acids is 1. The van der Waals surface area contributed by atoms with Gasteiger partial charge in [-0.15, -0.1) is 11.3 Å². The Bertz CT molecular complexity index is 461. The molecular formula is C12H15NO2S.